The van der Waals surface area contributed by atoms with E-state index >= 15 is 0 Å². The summed E-state index contributed by atoms with van der Waals surface area (Å²) in [6.45, 7) is 1.41. The molecular weight excluding hydrogens is 136 g/mol. The molecule has 4 atom stereocenters. The van der Waals surface area contributed by atoms with Crippen molar-refractivity contribution < 1.29 is 20.1 Å². The van der Waals surface area contributed by atoms with Crippen LogP contribution in [0.3, 0.4) is 0 Å². The molecule has 4 heteroatoms. The first kappa shape index (κ1) is 7.94. The van der Waals surface area contributed by atoms with Crippen molar-refractivity contribution in [1.29, 1.82) is 0 Å². The van der Waals surface area contributed by atoms with E-state index in [0.717, 1.165) is 0 Å². The van der Waals surface area contributed by atoms with Crippen molar-refractivity contribution in [2.24, 2.45) is 0 Å². The number of aliphatic hydroxyl groups excluding tert-OH is 3. The lowest BCUT2D eigenvalue weighted by atomic mass is 10.1. The number of aliphatic hydroxyl groups is 3. The number of hydrogen-bond donors (Lipinski definition) is 3. The van der Waals surface area contributed by atoms with Crippen LogP contribution in [0.1, 0.15) is 6.92 Å². The molecule has 1 saturated heterocycles. The molecule has 3 N–H and O–H groups in total. The van der Waals surface area contributed by atoms with Gasteiger partial charge in [0.15, 0.2) is 0 Å². The van der Waals surface area contributed by atoms with E-state index in [1.54, 1.807) is 6.92 Å². The average Bonchev–Trinajstić information content (AvgIpc) is 2.17. The zero-order chi connectivity index (χ0) is 7.72. The van der Waals surface area contributed by atoms with Crippen molar-refractivity contribution in [2.75, 3.05) is 6.61 Å². The molecule has 0 radical (unpaired) electrons. The maximum absolute atomic E-state index is 9.09. The van der Waals surface area contributed by atoms with E-state index < -0.39 is 18.3 Å². The van der Waals surface area contributed by atoms with Gasteiger partial charge in [0.1, 0.15) is 18.3 Å². The Kier molecular flexibility index (Phi) is 2.25. The van der Waals surface area contributed by atoms with Gasteiger partial charge in [-0.3, -0.25) is 0 Å². The highest BCUT2D eigenvalue weighted by atomic mass is 16.5. The Morgan fingerprint density at radius 1 is 1.30 bits per heavy atom. The smallest absolute Gasteiger partial charge is 0.111 e. The van der Waals surface area contributed by atoms with Gasteiger partial charge < -0.3 is 20.1 Å². The van der Waals surface area contributed by atoms with Crippen LogP contribution in [0.2, 0.25) is 0 Å². The molecule has 0 aromatic rings. The largest absolute Gasteiger partial charge is 0.394 e. The lowest BCUT2D eigenvalue weighted by Gasteiger charge is -2.10. The zero-order valence-corrected chi connectivity index (χ0v) is 5.77. The summed E-state index contributed by atoms with van der Waals surface area (Å²) < 4.78 is 4.98. The Bertz CT molecular complexity index is 116. The minimum atomic E-state index is -0.944. The van der Waals surface area contributed by atoms with Crippen LogP contribution in [0.5, 0.6) is 0 Å². The Morgan fingerprint density at radius 2 is 1.90 bits per heavy atom. The van der Waals surface area contributed by atoms with Crippen LogP contribution in [0.25, 0.3) is 0 Å². The zero-order valence-electron chi connectivity index (χ0n) is 5.77. The highest BCUT2D eigenvalue weighted by Gasteiger charge is 2.39. The second kappa shape index (κ2) is 2.84. The summed E-state index contributed by atoms with van der Waals surface area (Å²) in [6.07, 6.45) is -2.81. The summed E-state index contributed by atoms with van der Waals surface area (Å²) in [6, 6.07) is 0. The third kappa shape index (κ3) is 1.15. The summed E-state index contributed by atoms with van der Waals surface area (Å²) in [4.78, 5) is 0. The summed E-state index contributed by atoms with van der Waals surface area (Å²) in [5.41, 5.74) is 0. The molecule has 1 heterocycles. The van der Waals surface area contributed by atoms with Crippen molar-refractivity contribution in [3.63, 3.8) is 0 Å². The molecule has 1 fully saturated rings. The molecule has 1 aliphatic rings. The van der Waals surface area contributed by atoms with E-state index in [1.807, 2.05) is 0 Å². The quantitative estimate of drug-likeness (QED) is 0.422. The van der Waals surface area contributed by atoms with Gasteiger partial charge in [0.25, 0.3) is 0 Å². The standard InChI is InChI=1S/C6H12O4/c1-3-5(8)6(9)4(2-7)10-3/h3-9H,2H2,1H3/t3?,4-,5?,6?/m0/s1. The first-order valence-electron chi connectivity index (χ1n) is 3.29. The number of hydrogen-bond acceptors (Lipinski definition) is 4. The number of rotatable bonds is 1. The molecule has 1 aliphatic heterocycles. The van der Waals surface area contributed by atoms with Crippen LogP contribution >= 0.6 is 0 Å². The van der Waals surface area contributed by atoms with Gasteiger partial charge in [0.2, 0.25) is 0 Å². The van der Waals surface area contributed by atoms with Crippen molar-refractivity contribution in [2.45, 2.75) is 31.3 Å². The van der Waals surface area contributed by atoms with E-state index in [0.29, 0.717) is 0 Å². The van der Waals surface area contributed by atoms with Gasteiger partial charge >= 0.3 is 0 Å². The van der Waals surface area contributed by atoms with Gasteiger partial charge in [-0.15, -0.1) is 0 Å². The van der Waals surface area contributed by atoms with Crippen molar-refractivity contribution in [3.8, 4) is 0 Å². The van der Waals surface area contributed by atoms with Crippen molar-refractivity contribution in [1.82, 2.24) is 0 Å². The molecule has 10 heavy (non-hydrogen) atoms. The van der Waals surface area contributed by atoms with Gasteiger partial charge in [-0.25, -0.2) is 0 Å². The number of ether oxygens (including phenoxy) is 1. The van der Waals surface area contributed by atoms with Gasteiger partial charge in [0, 0.05) is 0 Å². The topological polar surface area (TPSA) is 69.9 Å². The van der Waals surface area contributed by atoms with Crippen LogP contribution < -0.4 is 0 Å². The highest BCUT2D eigenvalue weighted by molar-refractivity contribution is 4.87. The summed E-state index contributed by atoms with van der Waals surface area (Å²) in [7, 11) is 0. The second-order valence-corrected chi connectivity index (χ2v) is 2.54. The van der Waals surface area contributed by atoms with Crippen LogP contribution in [0.4, 0.5) is 0 Å². The Morgan fingerprint density at radius 3 is 2.10 bits per heavy atom. The minimum absolute atomic E-state index is 0.247. The van der Waals surface area contributed by atoms with Crippen molar-refractivity contribution in [3.05, 3.63) is 0 Å². The molecule has 0 aliphatic carbocycles. The molecule has 0 amide bonds. The first-order valence-corrected chi connectivity index (χ1v) is 3.29. The predicted octanol–water partition coefficient (Wildman–Crippen LogP) is -1.51. The fourth-order valence-corrected chi connectivity index (χ4v) is 1.09. The van der Waals surface area contributed by atoms with Crippen LogP contribution in [0, 0.1) is 0 Å². The Hall–Kier alpha value is -0.160. The van der Waals surface area contributed by atoms with Crippen LogP contribution in [-0.2, 0) is 4.74 Å². The minimum Gasteiger partial charge on any atom is -0.394 e. The Balaban J connectivity index is 2.53. The fraction of sp³-hybridized carbons (Fsp3) is 1.00. The van der Waals surface area contributed by atoms with Gasteiger partial charge in [-0.05, 0) is 6.92 Å². The van der Waals surface area contributed by atoms with E-state index in [-0.39, 0.29) is 12.7 Å². The van der Waals surface area contributed by atoms with E-state index in [2.05, 4.69) is 0 Å². The van der Waals surface area contributed by atoms with E-state index in [4.69, 9.17) is 20.1 Å². The molecule has 4 nitrogen and oxygen atoms in total. The molecule has 0 aromatic heterocycles. The molecule has 0 spiro atoms. The monoisotopic (exact) mass is 148 g/mol. The third-order valence-electron chi connectivity index (χ3n) is 1.78. The van der Waals surface area contributed by atoms with E-state index in [1.165, 1.54) is 0 Å². The maximum atomic E-state index is 9.09. The normalized spacial score (nSPS) is 48.0. The van der Waals surface area contributed by atoms with Crippen molar-refractivity contribution >= 4 is 0 Å². The molecule has 0 aromatic carbocycles. The molecule has 1 rings (SSSR count). The molecular formula is C6H12O4. The molecule has 0 saturated carbocycles. The SMILES string of the molecule is CC1O[C@@H](CO)C(O)C1O. The molecule has 60 valence electrons. The van der Waals surface area contributed by atoms with Gasteiger partial charge in [0.05, 0.1) is 12.7 Å². The maximum Gasteiger partial charge on any atom is 0.111 e. The highest BCUT2D eigenvalue weighted by Crippen LogP contribution is 2.19. The van der Waals surface area contributed by atoms with Crippen LogP contribution in [-0.4, -0.2) is 46.3 Å². The average molecular weight is 148 g/mol. The predicted molar refractivity (Wildman–Crippen MR) is 33.4 cm³/mol. The first-order chi connectivity index (χ1) is 4.66. The fourth-order valence-electron chi connectivity index (χ4n) is 1.09. The van der Waals surface area contributed by atoms with Gasteiger partial charge in [-0.2, -0.15) is 0 Å². The van der Waals surface area contributed by atoms with E-state index in [9.17, 15) is 0 Å². The lowest BCUT2D eigenvalue weighted by Crippen LogP contribution is -2.33. The summed E-state index contributed by atoms with van der Waals surface area (Å²) in [5.74, 6) is 0. The summed E-state index contributed by atoms with van der Waals surface area (Å²) in [5, 5.41) is 26.8. The third-order valence-corrected chi connectivity index (χ3v) is 1.78. The molecule has 3 unspecified atom stereocenters. The van der Waals surface area contributed by atoms with Crippen LogP contribution in [0.15, 0.2) is 0 Å². The second-order valence-electron chi connectivity index (χ2n) is 2.54. The lowest BCUT2D eigenvalue weighted by molar-refractivity contribution is -0.0171. The summed E-state index contributed by atoms with van der Waals surface area (Å²) >= 11 is 0. The van der Waals surface area contributed by atoms with Gasteiger partial charge in [-0.1, -0.05) is 0 Å². The molecule has 0 bridgehead atoms. The Labute approximate surface area is 59.1 Å².